The summed E-state index contributed by atoms with van der Waals surface area (Å²) in [4.78, 5) is 31.0. The van der Waals surface area contributed by atoms with Gasteiger partial charge in [-0.2, -0.15) is 5.10 Å². The average Bonchev–Trinajstić information content (AvgIpc) is 3.54. The first kappa shape index (κ1) is 22.7. The number of aromatic nitrogens is 4. The summed E-state index contributed by atoms with van der Waals surface area (Å²) in [7, 11) is 0. The second-order valence-corrected chi connectivity index (χ2v) is 9.30. The van der Waals surface area contributed by atoms with Crippen molar-refractivity contribution in [2.45, 2.75) is 33.0 Å². The van der Waals surface area contributed by atoms with E-state index in [1.54, 1.807) is 6.20 Å². The lowest BCUT2D eigenvalue weighted by molar-refractivity contribution is -0.121. The number of hydrogen-bond acceptors (Lipinski definition) is 5. The summed E-state index contributed by atoms with van der Waals surface area (Å²) in [5.41, 5.74) is 5.06. The van der Waals surface area contributed by atoms with E-state index < -0.39 is 0 Å². The van der Waals surface area contributed by atoms with E-state index >= 15 is 0 Å². The topological polar surface area (TPSA) is 81.8 Å². The van der Waals surface area contributed by atoms with Crippen molar-refractivity contribution in [1.29, 1.82) is 0 Å². The number of nitrogens with zero attached hydrogens (tertiary/aromatic N) is 4. The Hall–Kier alpha value is -4.04. The summed E-state index contributed by atoms with van der Waals surface area (Å²) in [6.45, 7) is 3.37. The van der Waals surface area contributed by atoms with Crippen LogP contribution in [0.25, 0.3) is 21.3 Å². The van der Waals surface area contributed by atoms with Crippen molar-refractivity contribution >= 4 is 27.5 Å². The highest BCUT2D eigenvalue weighted by atomic mass is 32.1. The summed E-state index contributed by atoms with van der Waals surface area (Å²) in [5, 5.41) is 9.82. The summed E-state index contributed by atoms with van der Waals surface area (Å²) in [6, 6.07) is 18.0. The molecule has 5 aromatic rings. The van der Waals surface area contributed by atoms with Crippen molar-refractivity contribution < 1.29 is 4.79 Å². The maximum Gasteiger partial charge on any atom is 0.262 e. The number of nitrogens with one attached hydrogen (secondary N) is 1. The first-order valence-corrected chi connectivity index (χ1v) is 12.3. The normalized spacial score (nSPS) is 11.1. The molecule has 2 aromatic carbocycles. The number of amides is 1. The van der Waals surface area contributed by atoms with Crippen molar-refractivity contribution in [3.05, 3.63) is 106 Å². The third kappa shape index (κ3) is 5.07. The van der Waals surface area contributed by atoms with E-state index in [9.17, 15) is 9.59 Å². The molecule has 0 spiro atoms. The zero-order chi connectivity index (χ0) is 24.2. The standard InChI is InChI=1S/C27H25N5O2S/c1-19-7-9-20(10-8-19)23-17-35-26-25(23)27(34)31(18-29-26)14-11-24(33)28-15-21-5-2-3-6-22(21)16-32-13-4-12-30-32/h2-10,12-13,17-18H,11,14-16H2,1H3,(H,28,33). The predicted molar refractivity (Wildman–Crippen MR) is 138 cm³/mol. The molecule has 0 aliphatic heterocycles. The number of carbonyl (C=O) groups excluding carboxylic acids is 1. The lowest BCUT2D eigenvalue weighted by Crippen LogP contribution is -2.27. The van der Waals surface area contributed by atoms with Crippen LogP contribution in [0.3, 0.4) is 0 Å². The molecule has 0 radical (unpaired) electrons. The molecule has 0 saturated carbocycles. The van der Waals surface area contributed by atoms with E-state index in [0.717, 1.165) is 22.3 Å². The molecule has 3 aromatic heterocycles. The van der Waals surface area contributed by atoms with Crippen molar-refractivity contribution in [3.8, 4) is 11.1 Å². The molecule has 5 rings (SSSR count). The number of carbonyl (C=O) groups is 1. The van der Waals surface area contributed by atoms with E-state index in [4.69, 9.17) is 0 Å². The SMILES string of the molecule is Cc1ccc(-c2csc3ncn(CCC(=O)NCc4ccccc4Cn4cccn4)c(=O)c23)cc1. The molecule has 35 heavy (non-hydrogen) atoms. The smallest absolute Gasteiger partial charge is 0.262 e. The Bertz CT molecular complexity index is 1520. The van der Waals surface area contributed by atoms with Crippen LogP contribution in [0.2, 0.25) is 0 Å². The van der Waals surface area contributed by atoms with E-state index in [2.05, 4.69) is 15.4 Å². The Kier molecular flexibility index (Phi) is 6.54. The molecule has 7 nitrogen and oxygen atoms in total. The summed E-state index contributed by atoms with van der Waals surface area (Å²) in [5.74, 6) is -0.116. The summed E-state index contributed by atoms with van der Waals surface area (Å²) >= 11 is 1.46. The molecule has 0 saturated heterocycles. The van der Waals surface area contributed by atoms with Gasteiger partial charge in [0.15, 0.2) is 0 Å². The Morgan fingerprint density at radius 1 is 1.06 bits per heavy atom. The summed E-state index contributed by atoms with van der Waals surface area (Å²) < 4.78 is 3.38. The van der Waals surface area contributed by atoms with Gasteiger partial charge in [-0.05, 0) is 29.7 Å². The van der Waals surface area contributed by atoms with Crippen molar-refractivity contribution in [1.82, 2.24) is 24.6 Å². The van der Waals surface area contributed by atoms with E-state index in [1.807, 2.05) is 77.8 Å². The molecule has 0 atom stereocenters. The van der Waals surface area contributed by atoms with Gasteiger partial charge in [0.1, 0.15) is 4.83 Å². The molecule has 0 aliphatic carbocycles. The summed E-state index contributed by atoms with van der Waals surface area (Å²) in [6.07, 6.45) is 5.39. The van der Waals surface area contributed by atoms with Crippen LogP contribution in [0.1, 0.15) is 23.1 Å². The first-order chi connectivity index (χ1) is 17.1. The van der Waals surface area contributed by atoms with Crippen LogP contribution in [-0.2, 0) is 24.4 Å². The minimum absolute atomic E-state index is 0.116. The Morgan fingerprint density at radius 2 is 1.86 bits per heavy atom. The minimum atomic E-state index is -0.121. The highest BCUT2D eigenvalue weighted by molar-refractivity contribution is 7.17. The van der Waals surface area contributed by atoms with Gasteiger partial charge in [0.05, 0.1) is 18.3 Å². The fourth-order valence-corrected chi connectivity index (χ4v) is 4.94. The predicted octanol–water partition coefficient (Wildman–Crippen LogP) is 4.38. The molecule has 8 heteroatoms. The fourth-order valence-electron chi connectivity index (χ4n) is 4.03. The average molecular weight is 484 g/mol. The fraction of sp³-hybridized carbons (Fsp3) is 0.185. The number of hydrogen-bond donors (Lipinski definition) is 1. The molecule has 0 unspecified atom stereocenters. The largest absolute Gasteiger partial charge is 0.352 e. The van der Waals surface area contributed by atoms with Crippen LogP contribution in [-0.4, -0.2) is 25.2 Å². The highest BCUT2D eigenvalue weighted by Crippen LogP contribution is 2.30. The molecular weight excluding hydrogens is 458 g/mol. The van der Waals surface area contributed by atoms with Crippen LogP contribution in [0, 0.1) is 6.92 Å². The first-order valence-electron chi connectivity index (χ1n) is 11.4. The lowest BCUT2D eigenvalue weighted by atomic mass is 10.1. The van der Waals surface area contributed by atoms with E-state index in [1.165, 1.54) is 27.8 Å². The van der Waals surface area contributed by atoms with Crippen LogP contribution in [0.5, 0.6) is 0 Å². The quantitative estimate of drug-likeness (QED) is 0.355. The minimum Gasteiger partial charge on any atom is -0.352 e. The monoisotopic (exact) mass is 483 g/mol. The van der Waals surface area contributed by atoms with Crippen LogP contribution in [0.4, 0.5) is 0 Å². The molecule has 176 valence electrons. The highest BCUT2D eigenvalue weighted by Gasteiger charge is 2.14. The van der Waals surface area contributed by atoms with Gasteiger partial charge < -0.3 is 5.32 Å². The third-order valence-electron chi connectivity index (χ3n) is 5.99. The third-order valence-corrected chi connectivity index (χ3v) is 6.88. The van der Waals surface area contributed by atoms with Gasteiger partial charge in [-0.3, -0.25) is 18.8 Å². The van der Waals surface area contributed by atoms with E-state index in [0.29, 0.717) is 23.3 Å². The van der Waals surface area contributed by atoms with Gasteiger partial charge in [-0.1, -0.05) is 54.1 Å². The molecular formula is C27H25N5O2S. The lowest BCUT2D eigenvalue weighted by Gasteiger charge is -2.11. The number of rotatable bonds is 8. The van der Waals surface area contributed by atoms with Crippen molar-refractivity contribution in [2.75, 3.05) is 0 Å². The zero-order valence-corrected chi connectivity index (χ0v) is 20.2. The number of fused-ring (bicyclic) bond motifs is 1. The van der Waals surface area contributed by atoms with Crippen LogP contribution < -0.4 is 10.9 Å². The molecule has 1 amide bonds. The maximum absolute atomic E-state index is 13.2. The Labute approximate surface area is 206 Å². The molecule has 0 bridgehead atoms. The van der Waals surface area contributed by atoms with Gasteiger partial charge in [0.25, 0.3) is 5.56 Å². The zero-order valence-electron chi connectivity index (χ0n) is 19.3. The molecule has 0 fully saturated rings. The van der Waals surface area contributed by atoms with Gasteiger partial charge >= 0.3 is 0 Å². The Balaban J connectivity index is 1.26. The molecule has 3 heterocycles. The van der Waals surface area contributed by atoms with Crippen molar-refractivity contribution in [3.63, 3.8) is 0 Å². The van der Waals surface area contributed by atoms with Crippen LogP contribution >= 0.6 is 11.3 Å². The second kappa shape index (κ2) is 10.1. The van der Waals surface area contributed by atoms with Crippen LogP contribution in [0.15, 0.2) is 83.5 Å². The number of benzene rings is 2. The number of aryl methyl sites for hydroxylation is 2. The van der Waals surface area contributed by atoms with Gasteiger partial charge in [0, 0.05) is 42.8 Å². The van der Waals surface area contributed by atoms with Gasteiger partial charge in [0.2, 0.25) is 5.91 Å². The molecule has 1 N–H and O–H groups in total. The van der Waals surface area contributed by atoms with Crippen molar-refractivity contribution in [2.24, 2.45) is 0 Å². The molecule has 0 aliphatic rings. The second-order valence-electron chi connectivity index (χ2n) is 8.44. The maximum atomic E-state index is 13.2. The van der Waals surface area contributed by atoms with Gasteiger partial charge in [-0.15, -0.1) is 11.3 Å². The van der Waals surface area contributed by atoms with Gasteiger partial charge in [-0.25, -0.2) is 4.98 Å². The van der Waals surface area contributed by atoms with E-state index in [-0.39, 0.29) is 24.4 Å². The number of thiophene rings is 1. The Morgan fingerprint density at radius 3 is 2.63 bits per heavy atom.